The van der Waals surface area contributed by atoms with Gasteiger partial charge in [-0.25, -0.2) is 4.79 Å². The van der Waals surface area contributed by atoms with Crippen LogP contribution in [-0.4, -0.2) is 23.1 Å². The fraction of sp³-hybridized carbons (Fsp3) is 0.591. The van der Waals surface area contributed by atoms with E-state index in [0.717, 1.165) is 30.7 Å². The summed E-state index contributed by atoms with van der Waals surface area (Å²) in [5, 5.41) is 0. The van der Waals surface area contributed by atoms with Crippen molar-refractivity contribution in [1.82, 2.24) is 4.90 Å². The van der Waals surface area contributed by atoms with Crippen molar-refractivity contribution in [1.29, 1.82) is 0 Å². The fourth-order valence-electron chi connectivity index (χ4n) is 4.12. The number of nitrogens with zero attached hydrogens (tertiary/aromatic N) is 1. The van der Waals surface area contributed by atoms with Crippen LogP contribution in [0.4, 0.5) is 4.79 Å². The summed E-state index contributed by atoms with van der Waals surface area (Å²) in [5.74, 6) is 0.771. The van der Waals surface area contributed by atoms with Crippen molar-refractivity contribution in [2.45, 2.75) is 77.5 Å². The summed E-state index contributed by atoms with van der Waals surface area (Å²) in [4.78, 5) is 14.7. The monoisotopic (exact) mass is 341 g/mol. The zero-order chi connectivity index (χ0) is 17.6. The van der Waals surface area contributed by atoms with Crippen LogP contribution >= 0.6 is 0 Å². The summed E-state index contributed by atoms with van der Waals surface area (Å²) in [7, 11) is 0. The summed E-state index contributed by atoms with van der Waals surface area (Å²) in [6, 6.07) is 10.5. The van der Waals surface area contributed by atoms with E-state index in [1.54, 1.807) is 5.57 Å². The largest absolute Gasteiger partial charge is 0.445 e. The van der Waals surface area contributed by atoms with E-state index in [1.165, 1.54) is 25.7 Å². The van der Waals surface area contributed by atoms with Gasteiger partial charge < -0.3 is 4.74 Å². The molecule has 1 saturated heterocycles. The molecule has 1 aromatic rings. The van der Waals surface area contributed by atoms with E-state index in [0.29, 0.717) is 12.6 Å². The SMILES string of the molecule is CC(C)CCCC1=CC2CCCC(C1)N2C(=O)OCc1ccccc1. The molecule has 2 bridgehead atoms. The smallest absolute Gasteiger partial charge is 0.410 e. The van der Waals surface area contributed by atoms with Gasteiger partial charge in [-0.05, 0) is 50.0 Å². The third-order valence-electron chi connectivity index (χ3n) is 5.41. The number of hydrogen-bond donors (Lipinski definition) is 0. The lowest BCUT2D eigenvalue weighted by atomic mass is 9.83. The van der Waals surface area contributed by atoms with Gasteiger partial charge in [0.2, 0.25) is 0 Å². The molecule has 0 radical (unpaired) electrons. The minimum atomic E-state index is -0.143. The predicted octanol–water partition coefficient (Wildman–Crippen LogP) is 5.70. The molecule has 0 aliphatic carbocycles. The van der Waals surface area contributed by atoms with Crippen LogP contribution in [0.15, 0.2) is 42.0 Å². The van der Waals surface area contributed by atoms with Crippen molar-refractivity contribution >= 4 is 6.09 Å². The van der Waals surface area contributed by atoms with Gasteiger partial charge in [0.25, 0.3) is 0 Å². The highest BCUT2D eigenvalue weighted by atomic mass is 16.6. The molecule has 0 aromatic heterocycles. The Balaban J connectivity index is 1.58. The second-order valence-corrected chi connectivity index (χ2v) is 7.91. The van der Waals surface area contributed by atoms with Gasteiger partial charge in [0, 0.05) is 6.04 Å². The lowest BCUT2D eigenvalue weighted by molar-refractivity contribution is 0.0479. The Morgan fingerprint density at radius 1 is 1.24 bits per heavy atom. The maximum absolute atomic E-state index is 12.7. The van der Waals surface area contributed by atoms with Crippen molar-refractivity contribution in [3.8, 4) is 0 Å². The Bertz CT molecular complexity index is 593. The molecular weight excluding hydrogens is 310 g/mol. The Morgan fingerprint density at radius 3 is 2.76 bits per heavy atom. The molecule has 25 heavy (non-hydrogen) atoms. The van der Waals surface area contributed by atoms with Crippen LogP contribution in [0.3, 0.4) is 0 Å². The molecule has 1 fully saturated rings. The first kappa shape index (κ1) is 18.0. The van der Waals surface area contributed by atoms with Crippen molar-refractivity contribution < 1.29 is 9.53 Å². The molecule has 2 aliphatic heterocycles. The van der Waals surface area contributed by atoms with Crippen LogP contribution in [0.5, 0.6) is 0 Å². The maximum Gasteiger partial charge on any atom is 0.410 e. The molecule has 1 aromatic carbocycles. The summed E-state index contributed by atoms with van der Waals surface area (Å²) in [5.41, 5.74) is 2.60. The average molecular weight is 341 g/mol. The number of fused-ring (bicyclic) bond motifs is 2. The molecule has 2 aliphatic rings. The van der Waals surface area contributed by atoms with E-state index < -0.39 is 0 Å². The average Bonchev–Trinajstić information content (AvgIpc) is 2.59. The van der Waals surface area contributed by atoms with Gasteiger partial charge in [0.1, 0.15) is 6.61 Å². The summed E-state index contributed by atoms with van der Waals surface area (Å²) >= 11 is 0. The van der Waals surface area contributed by atoms with Crippen molar-refractivity contribution in [2.24, 2.45) is 5.92 Å². The predicted molar refractivity (Wildman–Crippen MR) is 101 cm³/mol. The molecule has 2 atom stereocenters. The van der Waals surface area contributed by atoms with Gasteiger partial charge >= 0.3 is 6.09 Å². The lowest BCUT2D eigenvalue weighted by Crippen LogP contribution is -2.51. The Labute approximate surface area is 152 Å². The zero-order valence-electron chi connectivity index (χ0n) is 15.6. The van der Waals surface area contributed by atoms with Gasteiger partial charge in [-0.1, -0.05) is 62.2 Å². The molecule has 3 rings (SSSR count). The van der Waals surface area contributed by atoms with Gasteiger partial charge in [0.15, 0.2) is 0 Å². The number of hydrogen-bond acceptors (Lipinski definition) is 2. The molecule has 2 heterocycles. The van der Waals surface area contributed by atoms with Crippen LogP contribution in [0.2, 0.25) is 0 Å². The first-order valence-electron chi connectivity index (χ1n) is 9.82. The maximum atomic E-state index is 12.7. The van der Waals surface area contributed by atoms with Crippen LogP contribution in [-0.2, 0) is 11.3 Å². The Hall–Kier alpha value is -1.77. The normalized spacial score (nSPS) is 22.7. The summed E-state index contributed by atoms with van der Waals surface area (Å²) in [6.07, 6.45) is 10.4. The number of amides is 1. The van der Waals surface area contributed by atoms with Gasteiger partial charge in [-0.2, -0.15) is 0 Å². The molecule has 0 N–H and O–H groups in total. The van der Waals surface area contributed by atoms with Crippen LogP contribution in [0.25, 0.3) is 0 Å². The minimum Gasteiger partial charge on any atom is -0.445 e. The third kappa shape index (κ3) is 4.87. The molecule has 1 amide bonds. The molecule has 0 saturated carbocycles. The van der Waals surface area contributed by atoms with E-state index in [4.69, 9.17) is 4.74 Å². The van der Waals surface area contributed by atoms with Gasteiger partial charge in [-0.15, -0.1) is 0 Å². The highest BCUT2D eigenvalue weighted by molar-refractivity contribution is 5.69. The highest BCUT2D eigenvalue weighted by Gasteiger charge is 2.37. The zero-order valence-corrected chi connectivity index (χ0v) is 15.6. The van der Waals surface area contributed by atoms with Crippen LogP contribution in [0.1, 0.15) is 64.4 Å². The quantitative estimate of drug-likeness (QED) is 0.621. The first-order valence-corrected chi connectivity index (χ1v) is 9.82. The fourth-order valence-corrected chi connectivity index (χ4v) is 4.12. The van der Waals surface area contributed by atoms with Crippen LogP contribution < -0.4 is 0 Å². The second-order valence-electron chi connectivity index (χ2n) is 7.91. The lowest BCUT2D eigenvalue weighted by Gasteiger charge is -2.44. The number of carbonyl (C=O) groups excluding carboxylic acids is 1. The molecule has 0 spiro atoms. The van der Waals surface area contributed by atoms with Crippen LogP contribution in [0, 0.1) is 5.92 Å². The molecular formula is C22H31NO2. The molecule has 3 heteroatoms. The first-order chi connectivity index (χ1) is 12.1. The van der Waals surface area contributed by atoms with E-state index >= 15 is 0 Å². The van der Waals surface area contributed by atoms with E-state index in [9.17, 15) is 4.79 Å². The Kier molecular flexibility index (Phi) is 6.17. The second kappa shape index (κ2) is 8.55. The molecule has 3 nitrogen and oxygen atoms in total. The number of carbonyl (C=O) groups is 1. The minimum absolute atomic E-state index is 0.143. The van der Waals surface area contributed by atoms with Crippen molar-refractivity contribution in [3.63, 3.8) is 0 Å². The summed E-state index contributed by atoms with van der Waals surface area (Å²) < 4.78 is 5.61. The van der Waals surface area contributed by atoms with Crippen molar-refractivity contribution in [2.75, 3.05) is 0 Å². The van der Waals surface area contributed by atoms with E-state index in [2.05, 4.69) is 19.9 Å². The number of rotatable bonds is 6. The Morgan fingerprint density at radius 2 is 2.04 bits per heavy atom. The van der Waals surface area contributed by atoms with Gasteiger partial charge in [-0.3, -0.25) is 4.90 Å². The number of ether oxygens (including phenoxy) is 1. The highest BCUT2D eigenvalue weighted by Crippen LogP contribution is 2.35. The number of benzene rings is 1. The third-order valence-corrected chi connectivity index (χ3v) is 5.41. The number of piperidine rings is 1. The standard InChI is InChI=1S/C22H31NO2/c1-17(2)8-6-11-19-14-20-12-7-13-21(15-19)23(20)22(24)25-16-18-9-4-3-5-10-18/h3-5,9-10,14,17,20-21H,6-8,11-13,15-16H2,1-2H3. The topological polar surface area (TPSA) is 29.5 Å². The van der Waals surface area contributed by atoms with E-state index in [1.807, 2.05) is 35.2 Å². The summed E-state index contributed by atoms with van der Waals surface area (Å²) in [6.45, 7) is 4.93. The molecule has 136 valence electrons. The van der Waals surface area contributed by atoms with Gasteiger partial charge in [0.05, 0.1) is 6.04 Å². The van der Waals surface area contributed by atoms with Crippen molar-refractivity contribution in [3.05, 3.63) is 47.5 Å². The van der Waals surface area contributed by atoms with E-state index in [-0.39, 0.29) is 12.1 Å². The molecule has 2 unspecified atom stereocenters.